The molecular formula is C48H46N4O12. The number of hydrogen-bond donors (Lipinski definition) is 10. The van der Waals surface area contributed by atoms with Gasteiger partial charge < -0.3 is 51.9 Å². The first kappa shape index (κ1) is 45.4. The molecule has 0 saturated heterocycles. The van der Waals surface area contributed by atoms with E-state index in [1.807, 2.05) is 0 Å². The van der Waals surface area contributed by atoms with Crippen molar-refractivity contribution in [3.8, 4) is 22.6 Å². The normalized spacial score (nSPS) is 14.8. The molecule has 2 aliphatic carbocycles. The molecule has 4 aromatic carbocycles. The van der Waals surface area contributed by atoms with Crippen molar-refractivity contribution in [2.24, 2.45) is 11.8 Å². The minimum Gasteiger partial charge on any atom is -0.507 e. The van der Waals surface area contributed by atoms with E-state index in [1.54, 1.807) is 53.7 Å². The van der Waals surface area contributed by atoms with Gasteiger partial charge in [0.05, 0.1) is 11.1 Å². The van der Waals surface area contributed by atoms with Gasteiger partial charge in [-0.25, -0.2) is 0 Å². The van der Waals surface area contributed by atoms with Crippen LogP contribution in [0, 0.1) is 25.7 Å². The van der Waals surface area contributed by atoms with E-state index < -0.39 is 71.4 Å². The van der Waals surface area contributed by atoms with E-state index in [9.17, 15) is 49.2 Å². The lowest BCUT2D eigenvalue weighted by Crippen LogP contribution is -2.29. The van der Waals surface area contributed by atoms with Crippen molar-refractivity contribution < 1.29 is 59.4 Å². The van der Waals surface area contributed by atoms with Gasteiger partial charge in [0, 0.05) is 68.3 Å². The van der Waals surface area contributed by atoms with E-state index in [-0.39, 0.29) is 67.5 Å². The van der Waals surface area contributed by atoms with E-state index in [4.69, 9.17) is 10.2 Å². The lowest BCUT2D eigenvalue weighted by atomic mass is 9.75. The van der Waals surface area contributed by atoms with Crippen LogP contribution >= 0.6 is 0 Å². The zero-order valence-corrected chi connectivity index (χ0v) is 35.6. The fourth-order valence-corrected chi connectivity index (χ4v) is 7.89. The summed E-state index contributed by atoms with van der Waals surface area (Å²) in [5.41, 5.74) is 3.41. The number of benzene rings is 4. The monoisotopic (exact) mass is 870 g/mol. The molecule has 0 heterocycles. The summed E-state index contributed by atoms with van der Waals surface area (Å²) in [5, 5.41) is 75.8. The van der Waals surface area contributed by atoms with Crippen LogP contribution in [0.3, 0.4) is 0 Å². The number of phenolic OH excluding ortho intramolecular Hbond substituents is 2. The third kappa shape index (κ3) is 8.66. The highest BCUT2D eigenvalue weighted by atomic mass is 16.4. The zero-order valence-electron chi connectivity index (χ0n) is 35.6. The van der Waals surface area contributed by atoms with Crippen molar-refractivity contribution in [3.05, 3.63) is 129 Å². The Kier molecular flexibility index (Phi) is 12.8. The summed E-state index contributed by atoms with van der Waals surface area (Å²) < 4.78 is 0. The number of rotatable bonds is 13. The average Bonchev–Trinajstić information content (AvgIpc) is 3.23. The minimum absolute atomic E-state index is 0.0507. The van der Waals surface area contributed by atoms with Crippen molar-refractivity contribution in [2.45, 2.75) is 41.5 Å². The molecule has 6 rings (SSSR count). The standard InChI is InChI=1S/C48H46N4O12/c1-21(2)35-29-15-23(5)37(43(59)39(29)31(41(57)45(35)61)17-49-27-11-7-25(8-12-27)47(63)51-19-33(53)54)38-24(6)16-30-36(22(3)4)46(62)42(58)32(40(30)44(38)60)18-50-28-13-9-26(10-14-28)48(64)52-20-34(55)56/h7-18,21-22,49-50,59-62H,19-20H2,1-6H3,(H,51,63)(H,52,64)(H,53,54)(H,55,56)/b31-17+,32-18+. The Bertz CT molecular complexity index is 2600. The number of phenols is 2. The SMILES string of the molecule is Cc1cc2c(c(O)c1-c1c(C)cc3c(c1O)/C(=C\Nc1ccc(C(=O)NCC(=O)O)cc1)C(=O)C(O)=C3C(C)C)/C(=C\Nc1ccc(C(=O)NCC(=O)O)cc1)C(=O)C(O)=C2C(C)C. The molecule has 0 aliphatic heterocycles. The zero-order chi connectivity index (χ0) is 46.9. The molecule has 0 unspecified atom stereocenters. The predicted octanol–water partition coefficient (Wildman–Crippen LogP) is 6.93. The number of carboxylic acid groups (broad SMARTS) is 2. The predicted molar refractivity (Wildman–Crippen MR) is 239 cm³/mol. The Morgan fingerprint density at radius 3 is 1.17 bits per heavy atom. The third-order valence-corrected chi connectivity index (χ3v) is 10.8. The molecule has 0 radical (unpaired) electrons. The smallest absolute Gasteiger partial charge is 0.322 e. The average molecular weight is 871 g/mol. The maximum atomic E-state index is 14.0. The van der Waals surface area contributed by atoms with Crippen molar-refractivity contribution in [1.29, 1.82) is 0 Å². The lowest BCUT2D eigenvalue weighted by Gasteiger charge is -2.29. The maximum Gasteiger partial charge on any atom is 0.322 e. The summed E-state index contributed by atoms with van der Waals surface area (Å²) in [6, 6.07) is 15.2. The van der Waals surface area contributed by atoms with Gasteiger partial charge >= 0.3 is 11.9 Å². The van der Waals surface area contributed by atoms with Crippen LogP contribution in [-0.2, 0) is 19.2 Å². The van der Waals surface area contributed by atoms with E-state index in [0.29, 0.717) is 33.6 Å². The molecule has 0 saturated carbocycles. The van der Waals surface area contributed by atoms with Crippen molar-refractivity contribution in [3.63, 3.8) is 0 Å². The van der Waals surface area contributed by atoms with E-state index >= 15 is 0 Å². The number of aliphatic hydroxyl groups excluding tert-OH is 2. The van der Waals surface area contributed by atoms with Gasteiger partial charge in [-0.3, -0.25) is 28.8 Å². The number of fused-ring (bicyclic) bond motifs is 2. The largest absolute Gasteiger partial charge is 0.507 e. The second-order valence-electron chi connectivity index (χ2n) is 15.9. The summed E-state index contributed by atoms with van der Waals surface area (Å²) in [6.07, 6.45) is 2.60. The number of aryl methyl sites for hydroxylation is 2. The summed E-state index contributed by atoms with van der Waals surface area (Å²) in [6.45, 7) is 9.38. The van der Waals surface area contributed by atoms with Gasteiger partial charge in [0.25, 0.3) is 11.8 Å². The number of carbonyl (C=O) groups is 6. The highest BCUT2D eigenvalue weighted by molar-refractivity contribution is 6.35. The lowest BCUT2D eigenvalue weighted by molar-refractivity contribution is -0.136. The van der Waals surface area contributed by atoms with Crippen LogP contribution in [-0.4, -0.2) is 79.0 Å². The van der Waals surface area contributed by atoms with Crippen molar-refractivity contribution in [2.75, 3.05) is 23.7 Å². The van der Waals surface area contributed by atoms with Crippen molar-refractivity contribution >= 4 is 69.0 Å². The molecule has 0 bridgehead atoms. The first-order valence-electron chi connectivity index (χ1n) is 20.1. The number of Topliss-reactive ketones (excluding diaryl/α,β-unsaturated/α-hetero) is 2. The van der Waals surface area contributed by atoms with Crippen LogP contribution in [0.5, 0.6) is 11.5 Å². The topological polar surface area (TPSA) is 272 Å². The number of nitrogens with one attached hydrogen (secondary N) is 4. The summed E-state index contributed by atoms with van der Waals surface area (Å²) in [5.74, 6) is -7.88. The number of ketones is 2. The quantitative estimate of drug-likeness (QED) is 0.0611. The molecule has 0 aromatic heterocycles. The molecular weight excluding hydrogens is 825 g/mol. The van der Waals surface area contributed by atoms with E-state index in [2.05, 4.69) is 21.3 Å². The number of allylic oxidation sites excluding steroid dienone is 4. The van der Waals surface area contributed by atoms with Gasteiger partial charge in [-0.2, -0.15) is 0 Å². The molecule has 0 fully saturated rings. The molecule has 2 aliphatic rings. The third-order valence-electron chi connectivity index (χ3n) is 10.8. The van der Waals surface area contributed by atoms with Gasteiger partial charge in [0.15, 0.2) is 11.5 Å². The Morgan fingerprint density at radius 2 is 0.875 bits per heavy atom. The fourth-order valence-electron chi connectivity index (χ4n) is 7.89. The Hall–Kier alpha value is -8.14. The Balaban J connectivity index is 1.48. The van der Waals surface area contributed by atoms with Crippen molar-refractivity contribution in [1.82, 2.24) is 10.6 Å². The minimum atomic E-state index is -1.21. The molecule has 16 nitrogen and oxygen atoms in total. The first-order valence-corrected chi connectivity index (χ1v) is 20.1. The van der Waals surface area contributed by atoms with Gasteiger partial charge in [0.1, 0.15) is 24.6 Å². The summed E-state index contributed by atoms with van der Waals surface area (Å²) in [7, 11) is 0. The van der Waals surface area contributed by atoms with E-state index in [0.717, 1.165) is 0 Å². The van der Waals surface area contributed by atoms with Gasteiger partial charge in [0.2, 0.25) is 11.6 Å². The number of hydrogen-bond acceptors (Lipinski definition) is 12. The maximum absolute atomic E-state index is 14.0. The molecule has 0 spiro atoms. The molecule has 330 valence electrons. The molecule has 0 atom stereocenters. The number of anilines is 2. The number of carboxylic acids is 2. The number of carbonyl (C=O) groups excluding carboxylic acids is 4. The second-order valence-corrected chi connectivity index (χ2v) is 15.9. The van der Waals surface area contributed by atoms with Gasteiger partial charge in [-0.05, 0) is 96.5 Å². The first-order chi connectivity index (χ1) is 30.2. The van der Waals surface area contributed by atoms with Crippen LogP contribution in [0.15, 0.2) is 84.6 Å². The number of aliphatic hydroxyl groups is 2. The molecule has 16 heteroatoms. The fraction of sp³-hybridized carbons (Fsp3) is 0.208. The number of aromatic hydroxyl groups is 2. The van der Waals surface area contributed by atoms with Crippen LogP contribution in [0.2, 0.25) is 0 Å². The van der Waals surface area contributed by atoms with Crippen LogP contribution in [0.25, 0.3) is 33.4 Å². The number of amides is 2. The second kappa shape index (κ2) is 18.1. The van der Waals surface area contributed by atoms with E-state index in [1.165, 1.54) is 60.9 Å². The van der Waals surface area contributed by atoms with Crippen LogP contribution < -0.4 is 21.3 Å². The molecule has 2 amide bonds. The molecule has 4 aromatic rings. The summed E-state index contributed by atoms with van der Waals surface area (Å²) >= 11 is 0. The van der Waals surface area contributed by atoms with Gasteiger partial charge in [-0.15, -0.1) is 0 Å². The highest BCUT2D eigenvalue weighted by Crippen LogP contribution is 2.53. The Morgan fingerprint density at radius 1 is 0.547 bits per heavy atom. The summed E-state index contributed by atoms with van der Waals surface area (Å²) in [4.78, 5) is 74.5. The van der Waals surface area contributed by atoms with Crippen LogP contribution in [0.1, 0.15) is 81.8 Å². The highest BCUT2D eigenvalue weighted by Gasteiger charge is 2.38. The molecule has 64 heavy (non-hydrogen) atoms. The molecule has 10 N–H and O–H groups in total. The number of aliphatic carboxylic acids is 2. The van der Waals surface area contributed by atoms with Crippen LogP contribution in [0.4, 0.5) is 11.4 Å². The Labute approximate surface area is 367 Å². The van der Waals surface area contributed by atoms with Gasteiger partial charge in [-0.1, -0.05) is 39.8 Å².